The van der Waals surface area contributed by atoms with E-state index in [0.29, 0.717) is 5.41 Å². The molecule has 0 spiro atoms. The molecule has 0 saturated carbocycles. The summed E-state index contributed by atoms with van der Waals surface area (Å²) in [5.41, 5.74) is 3.50. The highest BCUT2D eigenvalue weighted by molar-refractivity contribution is 7.07. The van der Waals surface area contributed by atoms with Gasteiger partial charge in [0.05, 0.1) is 11.2 Å². The lowest BCUT2D eigenvalue weighted by Gasteiger charge is -2.27. The Kier molecular flexibility index (Phi) is 4.55. The Morgan fingerprint density at radius 2 is 2.29 bits per heavy atom. The number of aromatic nitrogens is 1. The number of thiazole rings is 1. The third kappa shape index (κ3) is 3.39. The molecule has 1 rings (SSSR count). The fourth-order valence-electron chi connectivity index (χ4n) is 1.50. The predicted octanol–water partition coefficient (Wildman–Crippen LogP) is 2.71. The molecule has 1 heterocycles. The molecule has 0 bridgehead atoms. The highest BCUT2D eigenvalue weighted by Gasteiger charge is 2.22. The van der Waals surface area contributed by atoms with Gasteiger partial charge in [-0.15, -0.1) is 11.3 Å². The van der Waals surface area contributed by atoms with Gasteiger partial charge in [0, 0.05) is 11.9 Å². The minimum Gasteiger partial charge on any atom is -0.316 e. The lowest BCUT2D eigenvalue weighted by Crippen LogP contribution is -2.33. The average Bonchev–Trinajstić information content (AvgIpc) is 2.67. The summed E-state index contributed by atoms with van der Waals surface area (Å²) < 4.78 is 0. The Labute approximate surface area is 90.8 Å². The van der Waals surface area contributed by atoms with Crippen molar-refractivity contribution in [3.8, 4) is 0 Å². The molecule has 0 saturated heterocycles. The number of nitrogens with zero attached hydrogens (tertiary/aromatic N) is 1. The van der Waals surface area contributed by atoms with Crippen LogP contribution in [0.15, 0.2) is 10.9 Å². The maximum Gasteiger partial charge on any atom is 0.0794 e. The SMILES string of the molecule is CCNCC(C)(CC)Cc1cscn1. The van der Waals surface area contributed by atoms with E-state index in [9.17, 15) is 0 Å². The van der Waals surface area contributed by atoms with Gasteiger partial charge in [0.25, 0.3) is 0 Å². The Bertz CT molecular complexity index is 246. The van der Waals surface area contributed by atoms with E-state index in [4.69, 9.17) is 0 Å². The van der Waals surface area contributed by atoms with Crippen molar-refractivity contribution in [1.29, 1.82) is 0 Å². The van der Waals surface area contributed by atoms with Crippen LogP contribution in [-0.4, -0.2) is 18.1 Å². The molecule has 1 atom stereocenters. The summed E-state index contributed by atoms with van der Waals surface area (Å²) in [5, 5.41) is 5.58. The molecule has 0 aliphatic carbocycles. The first-order valence-electron chi connectivity index (χ1n) is 5.28. The van der Waals surface area contributed by atoms with Crippen LogP contribution in [0.3, 0.4) is 0 Å². The molecule has 14 heavy (non-hydrogen) atoms. The molecule has 2 nitrogen and oxygen atoms in total. The molecule has 1 aromatic heterocycles. The normalized spacial score (nSPS) is 15.4. The van der Waals surface area contributed by atoms with Crippen LogP contribution in [0.25, 0.3) is 0 Å². The van der Waals surface area contributed by atoms with Crippen molar-refractivity contribution in [2.45, 2.75) is 33.6 Å². The Hall–Kier alpha value is -0.410. The number of rotatable bonds is 6. The van der Waals surface area contributed by atoms with E-state index in [1.54, 1.807) is 11.3 Å². The number of nitrogens with one attached hydrogen (secondary N) is 1. The summed E-state index contributed by atoms with van der Waals surface area (Å²) in [4.78, 5) is 4.35. The lowest BCUT2D eigenvalue weighted by molar-refractivity contribution is 0.290. The summed E-state index contributed by atoms with van der Waals surface area (Å²) >= 11 is 1.68. The molecular formula is C11H20N2S. The van der Waals surface area contributed by atoms with E-state index < -0.39 is 0 Å². The summed E-state index contributed by atoms with van der Waals surface area (Å²) in [6.07, 6.45) is 2.28. The van der Waals surface area contributed by atoms with Crippen molar-refractivity contribution < 1.29 is 0 Å². The number of hydrogen-bond acceptors (Lipinski definition) is 3. The third-order valence-corrected chi connectivity index (χ3v) is 3.38. The minimum absolute atomic E-state index is 0.351. The molecule has 0 radical (unpaired) electrons. The maximum absolute atomic E-state index is 4.35. The van der Waals surface area contributed by atoms with Crippen molar-refractivity contribution in [3.05, 3.63) is 16.6 Å². The smallest absolute Gasteiger partial charge is 0.0794 e. The molecule has 80 valence electrons. The quantitative estimate of drug-likeness (QED) is 0.784. The second kappa shape index (κ2) is 5.47. The van der Waals surface area contributed by atoms with Crippen LogP contribution in [0.1, 0.15) is 32.9 Å². The van der Waals surface area contributed by atoms with Crippen LogP contribution < -0.4 is 5.32 Å². The first-order chi connectivity index (χ1) is 6.70. The van der Waals surface area contributed by atoms with Crippen LogP contribution in [-0.2, 0) is 6.42 Å². The molecule has 0 aliphatic heterocycles. The summed E-state index contributed by atoms with van der Waals surface area (Å²) in [5.74, 6) is 0. The summed E-state index contributed by atoms with van der Waals surface area (Å²) in [6.45, 7) is 8.86. The van der Waals surface area contributed by atoms with Gasteiger partial charge in [0.2, 0.25) is 0 Å². The van der Waals surface area contributed by atoms with Gasteiger partial charge in [-0.1, -0.05) is 20.8 Å². The molecule has 0 aromatic carbocycles. The van der Waals surface area contributed by atoms with Gasteiger partial charge in [-0.2, -0.15) is 0 Å². The first-order valence-corrected chi connectivity index (χ1v) is 6.22. The zero-order valence-electron chi connectivity index (χ0n) is 9.34. The van der Waals surface area contributed by atoms with Crippen molar-refractivity contribution >= 4 is 11.3 Å². The molecule has 0 fully saturated rings. The Morgan fingerprint density at radius 1 is 1.50 bits per heavy atom. The second-order valence-electron chi connectivity index (χ2n) is 4.10. The van der Waals surface area contributed by atoms with E-state index in [0.717, 1.165) is 19.5 Å². The lowest BCUT2D eigenvalue weighted by atomic mass is 9.83. The van der Waals surface area contributed by atoms with Gasteiger partial charge in [-0.3, -0.25) is 0 Å². The van der Waals surface area contributed by atoms with Gasteiger partial charge in [-0.25, -0.2) is 4.98 Å². The van der Waals surface area contributed by atoms with Crippen molar-refractivity contribution in [1.82, 2.24) is 10.3 Å². The third-order valence-electron chi connectivity index (χ3n) is 2.75. The van der Waals surface area contributed by atoms with E-state index >= 15 is 0 Å². The molecule has 0 amide bonds. The number of hydrogen-bond donors (Lipinski definition) is 1. The molecular weight excluding hydrogens is 192 g/mol. The van der Waals surface area contributed by atoms with Crippen LogP contribution in [0.4, 0.5) is 0 Å². The molecule has 3 heteroatoms. The largest absolute Gasteiger partial charge is 0.316 e. The van der Waals surface area contributed by atoms with Crippen molar-refractivity contribution in [2.75, 3.05) is 13.1 Å². The van der Waals surface area contributed by atoms with Crippen molar-refractivity contribution in [3.63, 3.8) is 0 Å². The second-order valence-corrected chi connectivity index (χ2v) is 4.82. The summed E-state index contributed by atoms with van der Waals surface area (Å²) in [7, 11) is 0. The zero-order chi connectivity index (χ0) is 10.4. The van der Waals surface area contributed by atoms with E-state index in [-0.39, 0.29) is 0 Å². The molecule has 0 aliphatic rings. The van der Waals surface area contributed by atoms with Gasteiger partial charge in [-0.05, 0) is 24.8 Å². The van der Waals surface area contributed by atoms with Gasteiger partial charge in [0.1, 0.15) is 0 Å². The van der Waals surface area contributed by atoms with Crippen LogP contribution >= 0.6 is 11.3 Å². The minimum atomic E-state index is 0.351. The van der Waals surface area contributed by atoms with Gasteiger partial charge < -0.3 is 5.32 Å². The molecule has 1 N–H and O–H groups in total. The molecule has 1 unspecified atom stereocenters. The predicted molar refractivity (Wildman–Crippen MR) is 62.8 cm³/mol. The Morgan fingerprint density at radius 3 is 2.79 bits per heavy atom. The summed E-state index contributed by atoms with van der Waals surface area (Å²) in [6, 6.07) is 0. The maximum atomic E-state index is 4.35. The molecule has 1 aromatic rings. The van der Waals surface area contributed by atoms with Gasteiger partial charge >= 0.3 is 0 Å². The Balaban J connectivity index is 2.52. The van der Waals surface area contributed by atoms with E-state index in [1.807, 2.05) is 5.51 Å². The highest BCUT2D eigenvalue weighted by atomic mass is 32.1. The van der Waals surface area contributed by atoms with Crippen LogP contribution in [0, 0.1) is 5.41 Å². The van der Waals surface area contributed by atoms with Gasteiger partial charge in [0.15, 0.2) is 0 Å². The van der Waals surface area contributed by atoms with Crippen LogP contribution in [0.5, 0.6) is 0 Å². The van der Waals surface area contributed by atoms with E-state index in [1.165, 1.54) is 12.1 Å². The highest BCUT2D eigenvalue weighted by Crippen LogP contribution is 2.25. The van der Waals surface area contributed by atoms with Crippen molar-refractivity contribution in [2.24, 2.45) is 5.41 Å². The fourth-order valence-corrected chi connectivity index (χ4v) is 2.06. The topological polar surface area (TPSA) is 24.9 Å². The monoisotopic (exact) mass is 212 g/mol. The average molecular weight is 212 g/mol. The zero-order valence-corrected chi connectivity index (χ0v) is 10.2. The van der Waals surface area contributed by atoms with Crippen LogP contribution in [0.2, 0.25) is 0 Å². The first kappa shape index (κ1) is 11.7. The fraction of sp³-hybridized carbons (Fsp3) is 0.727. The van der Waals surface area contributed by atoms with E-state index in [2.05, 4.69) is 36.5 Å². The standard InChI is InChI=1S/C11H20N2S/c1-4-11(3,8-12-5-2)6-10-7-14-9-13-10/h7,9,12H,4-6,8H2,1-3H3.